The number of hydrogen-bond donors (Lipinski definition) is 1. The van der Waals surface area contributed by atoms with E-state index in [4.69, 9.17) is 4.74 Å². The maximum Gasteiger partial charge on any atom is 0.339 e. The molecule has 1 N–H and O–H groups in total. The van der Waals surface area contributed by atoms with E-state index in [2.05, 4.69) is 10.1 Å². The summed E-state index contributed by atoms with van der Waals surface area (Å²) in [5.74, 6) is -1.83. The van der Waals surface area contributed by atoms with Crippen molar-refractivity contribution >= 4 is 23.5 Å². The van der Waals surface area contributed by atoms with Crippen molar-refractivity contribution in [2.75, 3.05) is 19.0 Å². The second-order valence-corrected chi connectivity index (χ2v) is 4.35. The Balaban J connectivity index is 2.67. The molecule has 0 unspecified atom stereocenters. The average molecular weight is 279 g/mol. The van der Waals surface area contributed by atoms with E-state index >= 15 is 0 Å². The Hall–Kier alpha value is -2.37. The molecule has 0 fully saturated rings. The van der Waals surface area contributed by atoms with Crippen LogP contribution in [0.15, 0.2) is 24.3 Å². The van der Waals surface area contributed by atoms with Crippen LogP contribution in [-0.4, -0.2) is 31.6 Å². The molecule has 0 aliphatic heterocycles. The first kappa shape index (κ1) is 15.7. The lowest BCUT2D eigenvalue weighted by Gasteiger charge is -2.10. The zero-order chi connectivity index (χ0) is 15.1. The molecule has 0 atom stereocenters. The highest BCUT2D eigenvalue weighted by Gasteiger charge is 2.15. The van der Waals surface area contributed by atoms with Crippen molar-refractivity contribution in [2.45, 2.75) is 13.8 Å². The second kappa shape index (κ2) is 7.28. The van der Waals surface area contributed by atoms with E-state index < -0.39 is 24.5 Å². The van der Waals surface area contributed by atoms with Gasteiger partial charge >= 0.3 is 11.9 Å². The molecule has 0 spiro atoms. The minimum absolute atomic E-state index is 0.235. The molecule has 0 aliphatic rings. The van der Waals surface area contributed by atoms with Crippen LogP contribution in [0.3, 0.4) is 0 Å². The van der Waals surface area contributed by atoms with Gasteiger partial charge < -0.3 is 14.8 Å². The van der Waals surface area contributed by atoms with Crippen molar-refractivity contribution in [3.8, 4) is 0 Å². The van der Waals surface area contributed by atoms with E-state index in [-0.39, 0.29) is 11.5 Å². The maximum atomic E-state index is 11.7. The fourth-order valence-corrected chi connectivity index (χ4v) is 1.37. The number of amides is 1. The molecular formula is C14H17NO5. The molecule has 1 aromatic carbocycles. The van der Waals surface area contributed by atoms with Crippen LogP contribution in [0.2, 0.25) is 0 Å². The third-order valence-electron chi connectivity index (χ3n) is 2.42. The molecule has 0 saturated heterocycles. The van der Waals surface area contributed by atoms with Crippen molar-refractivity contribution in [1.29, 1.82) is 0 Å². The van der Waals surface area contributed by atoms with Crippen LogP contribution >= 0.6 is 0 Å². The molecule has 20 heavy (non-hydrogen) atoms. The number of rotatable bonds is 5. The number of nitrogens with one attached hydrogen (secondary N) is 1. The van der Waals surface area contributed by atoms with E-state index in [1.165, 1.54) is 13.2 Å². The summed E-state index contributed by atoms with van der Waals surface area (Å²) in [4.78, 5) is 34.4. The highest BCUT2D eigenvalue weighted by Crippen LogP contribution is 2.15. The van der Waals surface area contributed by atoms with Gasteiger partial charge in [-0.2, -0.15) is 0 Å². The second-order valence-electron chi connectivity index (χ2n) is 4.35. The summed E-state index contributed by atoms with van der Waals surface area (Å²) in [6.45, 7) is 2.95. The fourth-order valence-electron chi connectivity index (χ4n) is 1.37. The smallest absolute Gasteiger partial charge is 0.339 e. The molecule has 1 amide bonds. The Morgan fingerprint density at radius 3 is 2.45 bits per heavy atom. The van der Waals surface area contributed by atoms with Gasteiger partial charge in [-0.05, 0) is 12.1 Å². The summed E-state index contributed by atoms with van der Waals surface area (Å²) in [6.07, 6.45) is 0. The Labute approximate surface area is 117 Å². The normalized spacial score (nSPS) is 10.0. The Morgan fingerprint density at radius 1 is 1.20 bits per heavy atom. The zero-order valence-corrected chi connectivity index (χ0v) is 11.6. The Kier molecular flexibility index (Phi) is 5.71. The van der Waals surface area contributed by atoms with Crippen LogP contribution in [-0.2, 0) is 19.1 Å². The van der Waals surface area contributed by atoms with Gasteiger partial charge in [0.05, 0.1) is 24.3 Å². The highest BCUT2D eigenvalue weighted by molar-refractivity contribution is 6.01. The van der Waals surface area contributed by atoms with Gasteiger partial charge in [0.1, 0.15) is 0 Å². The number of para-hydroxylation sites is 1. The van der Waals surface area contributed by atoms with E-state index in [0.717, 1.165) is 0 Å². The van der Waals surface area contributed by atoms with Gasteiger partial charge in [0.15, 0.2) is 6.61 Å². The van der Waals surface area contributed by atoms with Crippen LogP contribution in [0, 0.1) is 5.92 Å². The first-order valence-electron chi connectivity index (χ1n) is 6.09. The summed E-state index contributed by atoms with van der Waals surface area (Å²) in [6, 6.07) is 6.42. The van der Waals surface area contributed by atoms with Crippen molar-refractivity contribution in [2.24, 2.45) is 5.92 Å². The molecule has 108 valence electrons. The van der Waals surface area contributed by atoms with Gasteiger partial charge in [-0.25, -0.2) is 4.79 Å². The summed E-state index contributed by atoms with van der Waals surface area (Å²) < 4.78 is 9.41. The Bertz CT molecular complexity index is 510. The average Bonchev–Trinajstić information content (AvgIpc) is 2.44. The van der Waals surface area contributed by atoms with E-state index in [9.17, 15) is 14.4 Å². The molecule has 0 saturated carbocycles. The molecular weight excluding hydrogens is 262 g/mol. The molecule has 6 heteroatoms. The molecule has 0 aromatic heterocycles. The monoisotopic (exact) mass is 279 g/mol. The topological polar surface area (TPSA) is 81.7 Å². The van der Waals surface area contributed by atoms with Crippen LogP contribution in [0.4, 0.5) is 5.69 Å². The number of hydrogen-bond acceptors (Lipinski definition) is 5. The van der Waals surface area contributed by atoms with Crippen molar-refractivity contribution in [3.63, 3.8) is 0 Å². The number of carbonyl (C=O) groups is 3. The molecule has 1 aromatic rings. The first-order valence-corrected chi connectivity index (χ1v) is 6.09. The summed E-state index contributed by atoms with van der Waals surface area (Å²) in [7, 11) is 1.26. The van der Waals surface area contributed by atoms with Crippen molar-refractivity contribution < 1.29 is 23.9 Å². The minimum Gasteiger partial charge on any atom is -0.465 e. The lowest BCUT2D eigenvalue weighted by molar-refractivity contribution is -0.150. The van der Waals surface area contributed by atoms with Crippen LogP contribution < -0.4 is 5.32 Å². The van der Waals surface area contributed by atoms with Gasteiger partial charge in [-0.3, -0.25) is 9.59 Å². The fraction of sp³-hybridized carbons (Fsp3) is 0.357. The van der Waals surface area contributed by atoms with Gasteiger partial charge in [-0.1, -0.05) is 26.0 Å². The molecule has 6 nitrogen and oxygen atoms in total. The van der Waals surface area contributed by atoms with E-state index in [0.29, 0.717) is 5.69 Å². The minimum atomic E-state index is -0.555. The van der Waals surface area contributed by atoms with E-state index in [1.54, 1.807) is 32.0 Å². The van der Waals surface area contributed by atoms with Gasteiger partial charge in [0.25, 0.3) is 5.91 Å². The number of anilines is 1. The number of methoxy groups -OCH3 is 1. The third-order valence-corrected chi connectivity index (χ3v) is 2.42. The molecule has 0 bridgehead atoms. The highest BCUT2D eigenvalue weighted by atomic mass is 16.5. The van der Waals surface area contributed by atoms with Crippen molar-refractivity contribution in [3.05, 3.63) is 29.8 Å². The molecule has 0 radical (unpaired) electrons. The van der Waals surface area contributed by atoms with Gasteiger partial charge in [0, 0.05) is 0 Å². The predicted octanol–water partition coefficient (Wildman–Crippen LogP) is 1.61. The van der Waals surface area contributed by atoms with Gasteiger partial charge in [-0.15, -0.1) is 0 Å². The number of ether oxygens (including phenoxy) is 2. The molecule has 0 aliphatic carbocycles. The van der Waals surface area contributed by atoms with Crippen molar-refractivity contribution in [1.82, 2.24) is 0 Å². The predicted molar refractivity (Wildman–Crippen MR) is 72.2 cm³/mol. The third kappa shape index (κ3) is 4.38. The number of esters is 2. The quantitative estimate of drug-likeness (QED) is 0.828. The summed E-state index contributed by atoms with van der Waals surface area (Å²) in [5.41, 5.74) is 0.545. The standard InChI is InChI=1S/C14H17NO5/c1-9(2)13(17)20-8-12(16)15-11-7-5-4-6-10(11)14(18)19-3/h4-7,9H,8H2,1-3H3,(H,15,16). The summed E-state index contributed by atoms with van der Waals surface area (Å²) >= 11 is 0. The summed E-state index contributed by atoms with van der Waals surface area (Å²) in [5, 5.41) is 2.50. The Morgan fingerprint density at radius 2 is 1.85 bits per heavy atom. The van der Waals surface area contributed by atoms with Gasteiger partial charge in [0.2, 0.25) is 0 Å². The van der Waals surface area contributed by atoms with E-state index in [1.807, 2.05) is 0 Å². The largest absolute Gasteiger partial charge is 0.465 e. The number of carbonyl (C=O) groups excluding carboxylic acids is 3. The maximum absolute atomic E-state index is 11.7. The first-order chi connectivity index (χ1) is 9.45. The lowest BCUT2D eigenvalue weighted by Crippen LogP contribution is -2.23. The number of benzene rings is 1. The van der Waals surface area contributed by atoms with Crippen LogP contribution in [0.25, 0.3) is 0 Å². The zero-order valence-electron chi connectivity index (χ0n) is 11.6. The SMILES string of the molecule is COC(=O)c1ccccc1NC(=O)COC(=O)C(C)C. The molecule has 1 rings (SSSR count). The lowest BCUT2D eigenvalue weighted by atomic mass is 10.2. The van der Waals surface area contributed by atoms with Crippen LogP contribution in [0.5, 0.6) is 0 Å². The van der Waals surface area contributed by atoms with Crippen LogP contribution in [0.1, 0.15) is 24.2 Å². The molecule has 0 heterocycles.